The van der Waals surface area contributed by atoms with E-state index in [1.165, 1.54) is 9.47 Å². The zero-order chi connectivity index (χ0) is 8.39. The molecule has 2 heterocycles. The van der Waals surface area contributed by atoms with Gasteiger partial charge in [0.25, 0.3) is 0 Å². The molecule has 0 unspecified atom stereocenters. The maximum atomic E-state index is 3.47. The van der Waals surface area contributed by atoms with Crippen LogP contribution in [0.1, 0.15) is 0 Å². The quantitative estimate of drug-likeness (QED) is 0.815. The van der Waals surface area contributed by atoms with E-state index in [-0.39, 0.29) is 0 Å². The average Bonchev–Trinajstić information content (AvgIpc) is 2.54. The Hall–Kier alpha value is -0.0600. The fourth-order valence-corrected chi connectivity index (χ4v) is 2.83. The van der Waals surface area contributed by atoms with Crippen LogP contribution < -0.4 is 10.2 Å². The Bertz CT molecular complexity index is 255. The molecule has 66 valence electrons. The molecule has 0 bridgehead atoms. The summed E-state index contributed by atoms with van der Waals surface area (Å²) in [6.45, 7) is 4.48. The minimum Gasteiger partial charge on any atom is -0.361 e. The molecule has 4 heteroatoms. The van der Waals surface area contributed by atoms with Crippen molar-refractivity contribution in [2.24, 2.45) is 0 Å². The van der Waals surface area contributed by atoms with Gasteiger partial charge in [-0.1, -0.05) is 0 Å². The van der Waals surface area contributed by atoms with E-state index in [1.54, 1.807) is 0 Å². The van der Waals surface area contributed by atoms with Crippen LogP contribution in [-0.4, -0.2) is 26.2 Å². The van der Waals surface area contributed by atoms with Crippen LogP contribution >= 0.6 is 27.3 Å². The number of thiophene rings is 1. The number of anilines is 1. The zero-order valence-corrected chi connectivity index (χ0v) is 9.12. The Morgan fingerprint density at radius 2 is 2.17 bits per heavy atom. The number of nitrogens with one attached hydrogen (secondary N) is 1. The van der Waals surface area contributed by atoms with Gasteiger partial charge in [-0.05, 0) is 22.0 Å². The smallest absolute Gasteiger partial charge is 0.0921 e. The van der Waals surface area contributed by atoms with Crippen LogP contribution in [0, 0.1) is 0 Å². The van der Waals surface area contributed by atoms with E-state index in [9.17, 15) is 0 Å². The molecule has 0 amide bonds. The maximum absolute atomic E-state index is 3.47. The van der Waals surface area contributed by atoms with Crippen molar-refractivity contribution in [1.82, 2.24) is 5.32 Å². The van der Waals surface area contributed by atoms with Gasteiger partial charge in [-0.25, -0.2) is 0 Å². The number of hydrogen-bond donors (Lipinski definition) is 1. The highest BCUT2D eigenvalue weighted by atomic mass is 79.9. The molecule has 0 atom stereocenters. The van der Waals surface area contributed by atoms with Crippen molar-refractivity contribution < 1.29 is 0 Å². The minimum atomic E-state index is 1.11. The molecule has 1 saturated heterocycles. The van der Waals surface area contributed by atoms with Crippen LogP contribution in [0.25, 0.3) is 0 Å². The van der Waals surface area contributed by atoms with Gasteiger partial charge in [0.2, 0.25) is 0 Å². The van der Waals surface area contributed by atoms with Crippen molar-refractivity contribution >= 4 is 32.3 Å². The van der Waals surface area contributed by atoms with Gasteiger partial charge in [0.1, 0.15) is 0 Å². The third-order valence-corrected chi connectivity index (χ3v) is 3.73. The molecule has 1 fully saturated rings. The number of piperazine rings is 1. The molecule has 1 aromatic rings. The van der Waals surface area contributed by atoms with E-state index in [4.69, 9.17) is 0 Å². The van der Waals surface area contributed by atoms with Crippen molar-refractivity contribution in [2.45, 2.75) is 0 Å². The van der Waals surface area contributed by atoms with Gasteiger partial charge in [0, 0.05) is 36.0 Å². The first-order chi connectivity index (χ1) is 5.86. The highest BCUT2D eigenvalue weighted by Gasteiger charge is 2.11. The van der Waals surface area contributed by atoms with Crippen LogP contribution in [-0.2, 0) is 0 Å². The Morgan fingerprint density at radius 3 is 2.75 bits per heavy atom. The average molecular weight is 247 g/mol. The van der Waals surface area contributed by atoms with E-state index >= 15 is 0 Å². The first-order valence-electron chi connectivity index (χ1n) is 4.06. The van der Waals surface area contributed by atoms with E-state index in [0.717, 1.165) is 26.2 Å². The summed E-state index contributed by atoms with van der Waals surface area (Å²) in [7, 11) is 0. The van der Waals surface area contributed by atoms with Crippen molar-refractivity contribution in [2.75, 3.05) is 31.1 Å². The van der Waals surface area contributed by atoms with E-state index < -0.39 is 0 Å². The molecule has 1 aromatic heterocycles. The maximum Gasteiger partial charge on any atom is 0.0921 e. The lowest BCUT2D eigenvalue weighted by Crippen LogP contribution is -2.43. The lowest BCUT2D eigenvalue weighted by molar-refractivity contribution is 0.592. The summed E-state index contributed by atoms with van der Waals surface area (Å²) in [6, 6.07) is 2.19. The fraction of sp³-hybridized carbons (Fsp3) is 0.500. The van der Waals surface area contributed by atoms with Crippen LogP contribution in [0.3, 0.4) is 0 Å². The van der Waals surface area contributed by atoms with Crippen LogP contribution in [0.2, 0.25) is 0 Å². The highest BCUT2D eigenvalue weighted by Crippen LogP contribution is 2.28. The molecule has 1 aliphatic rings. The summed E-state index contributed by atoms with van der Waals surface area (Å²) in [6.07, 6.45) is 0. The molecule has 0 aromatic carbocycles. The lowest BCUT2D eigenvalue weighted by Gasteiger charge is -2.27. The van der Waals surface area contributed by atoms with Crippen molar-refractivity contribution in [3.8, 4) is 0 Å². The Labute approximate surface area is 84.7 Å². The molecule has 0 spiro atoms. The lowest BCUT2D eigenvalue weighted by atomic mass is 10.4. The zero-order valence-electron chi connectivity index (χ0n) is 6.72. The summed E-state index contributed by atoms with van der Waals surface area (Å²) in [5.74, 6) is 0. The summed E-state index contributed by atoms with van der Waals surface area (Å²) in [5, 5.41) is 6.86. The molecule has 12 heavy (non-hydrogen) atoms. The van der Waals surface area contributed by atoms with E-state index in [1.807, 2.05) is 11.3 Å². The Balaban J connectivity index is 2.08. The Morgan fingerprint density at radius 1 is 1.42 bits per heavy atom. The van der Waals surface area contributed by atoms with Crippen molar-refractivity contribution in [1.29, 1.82) is 0 Å². The second-order valence-electron chi connectivity index (χ2n) is 2.84. The molecule has 0 aliphatic carbocycles. The van der Waals surface area contributed by atoms with Gasteiger partial charge in [0.15, 0.2) is 0 Å². The first kappa shape index (κ1) is 8.53. The summed E-state index contributed by atoms with van der Waals surface area (Å²) in [4.78, 5) is 2.42. The molecule has 2 rings (SSSR count). The molecule has 0 radical (unpaired) electrons. The third-order valence-electron chi connectivity index (χ3n) is 1.98. The normalized spacial score (nSPS) is 18.2. The second kappa shape index (κ2) is 3.77. The van der Waals surface area contributed by atoms with Gasteiger partial charge in [-0.15, -0.1) is 11.3 Å². The van der Waals surface area contributed by atoms with Gasteiger partial charge in [0.05, 0.1) is 5.00 Å². The number of nitrogens with zero attached hydrogens (tertiary/aromatic N) is 1. The topological polar surface area (TPSA) is 15.3 Å². The summed E-state index contributed by atoms with van der Waals surface area (Å²) >= 11 is 5.27. The highest BCUT2D eigenvalue weighted by molar-refractivity contribution is 9.10. The molecular formula is C8H11BrN2S. The van der Waals surface area contributed by atoms with Crippen LogP contribution in [0.4, 0.5) is 5.00 Å². The predicted molar refractivity (Wildman–Crippen MR) is 57.1 cm³/mol. The summed E-state index contributed by atoms with van der Waals surface area (Å²) < 4.78 is 1.20. The van der Waals surface area contributed by atoms with Crippen molar-refractivity contribution in [3.63, 3.8) is 0 Å². The monoisotopic (exact) mass is 246 g/mol. The molecular weight excluding hydrogens is 236 g/mol. The standard InChI is InChI=1S/C8H11BrN2S/c9-7-5-8(12-6-7)11-3-1-10-2-4-11/h5-6,10H,1-4H2. The number of rotatable bonds is 1. The second-order valence-corrected chi connectivity index (χ2v) is 4.65. The SMILES string of the molecule is Brc1csc(N2CCNCC2)c1. The molecule has 1 aliphatic heterocycles. The first-order valence-corrected chi connectivity index (χ1v) is 5.73. The van der Waals surface area contributed by atoms with Gasteiger partial charge in [-0.3, -0.25) is 0 Å². The van der Waals surface area contributed by atoms with Crippen molar-refractivity contribution in [3.05, 3.63) is 15.9 Å². The molecule has 1 N–H and O–H groups in total. The van der Waals surface area contributed by atoms with E-state index in [2.05, 4.69) is 37.6 Å². The fourth-order valence-electron chi connectivity index (χ4n) is 1.35. The van der Waals surface area contributed by atoms with Crippen LogP contribution in [0.5, 0.6) is 0 Å². The van der Waals surface area contributed by atoms with Gasteiger partial charge >= 0.3 is 0 Å². The molecule has 2 nitrogen and oxygen atoms in total. The van der Waals surface area contributed by atoms with E-state index in [0.29, 0.717) is 0 Å². The van der Waals surface area contributed by atoms with Gasteiger partial charge < -0.3 is 10.2 Å². The van der Waals surface area contributed by atoms with Crippen LogP contribution in [0.15, 0.2) is 15.9 Å². The van der Waals surface area contributed by atoms with Gasteiger partial charge in [-0.2, -0.15) is 0 Å². The predicted octanol–water partition coefficient (Wildman–Crippen LogP) is 1.92. The minimum absolute atomic E-state index is 1.11. The molecule has 0 saturated carbocycles. The largest absolute Gasteiger partial charge is 0.361 e. The third kappa shape index (κ3) is 1.81. The Kier molecular flexibility index (Phi) is 2.68. The number of halogens is 1. The summed E-state index contributed by atoms with van der Waals surface area (Å²) in [5.41, 5.74) is 0. The number of hydrogen-bond acceptors (Lipinski definition) is 3.